The lowest BCUT2D eigenvalue weighted by molar-refractivity contribution is -0.125. The van der Waals surface area contributed by atoms with Crippen LogP contribution in [-0.2, 0) is 17.8 Å². The first-order valence-corrected chi connectivity index (χ1v) is 5.28. The first kappa shape index (κ1) is 12.8. The Kier molecular flexibility index (Phi) is 3.80. The molecule has 0 spiro atoms. The summed E-state index contributed by atoms with van der Waals surface area (Å²) in [4.78, 5) is 17.8. The second-order valence-corrected chi connectivity index (χ2v) is 5.19. The maximum Gasteiger partial charge on any atom is 0.234 e. The smallest absolute Gasteiger partial charge is 0.234 e. The van der Waals surface area contributed by atoms with E-state index in [4.69, 9.17) is 4.52 Å². The summed E-state index contributed by atoms with van der Waals surface area (Å²) in [5.74, 6) is 1.12. The van der Waals surface area contributed by atoms with Crippen molar-refractivity contribution in [3.63, 3.8) is 0 Å². The minimum absolute atomic E-state index is 0.104. The first-order valence-electron chi connectivity index (χ1n) is 5.28. The first-order chi connectivity index (χ1) is 7.29. The number of carbonyl (C=O) groups excluding carboxylic acids is 1. The zero-order valence-electron chi connectivity index (χ0n) is 10.6. The second-order valence-electron chi connectivity index (χ2n) is 5.19. The van der Waals surface area contributed by atoms with Gasteiger partial charge in [-0.15, -0.1) is 0 Å². The van der Waals surface area contributed by atoms with Gasteiger partial charge in [0.15, 0.2) is 5.82 Å². The summed E-state index contributed by atoms with van der Waals surface area (Å²) in [5.41, 5.74) is -0.365. The molecule has 0 bridgehead atoms. The number of carbonyl (C=O) groups is 1. The Morgan fingerprint density at radius 3 is 2.50 bits per heavy atom. The van der Waals surface area contributed by atoms with Gasteiger partial charge in [-0.3, -0.25) is 4.79 Å². The number of aromatic nitrogens is 2. The van der Waals surface area contributed by atoms with Gasteiger partial charge < -0.3 is 9.42 Å². The van der Waals surface area contributed by atoms with Crippen LogP contribution in [0.4, 0.5) is 0 Å². The molecule has 5 nitrogen and oxygen atoms in total. The van der Waals surface area contributed by atoms with Crippen LogP contribution in [0.2, 0.25) is 0 Å². The molecule has 0 fully saturated rings. The number of hydrogen-bond donors (Lipinski definition) is 0. The molecule has 0 N–H and O–H groups in total. The Labute approximate surface area is 95.8 Å². The van der Waals surface area contributed by atoms with E-state index in [2.05, 4.69) is 10.1 Å². The lowest BCUT2D eigenvalue weighted by atomic mass is 9.89. The molecule has 0 aromatic carbocycles. The summed E-state index contributed by atoms with van der Waals surface area (Å²) in [7, 11) is 3.85. The molecule has 0 saturated carbocycles. The molecular weight excluding hydrogens is 206 g/mol. The largest absolute Gasteiger partial charge is 0.339 e. The van der Waals surface area contributed by atoms with Gasteiger partial charge in [0.2, 0.25) is 5.89 Å². The maximum atomic E-state index is 11.7. The van der Waals surface area contributed by atoms with Gasteiger partial charge in [0, 0.05) is 5.41 Å². The molecule has 90 valence electrons. The number of rotatable bonds is 4. The zero-order chi connectivity index (χ0) is 12.3. The third-order valence-corrected chi connectivity index (χ3v) is 2.12. The molecule has 1 heterocycles. The molecule has 0 aliphatic carbocycles. The molecule has 0 saturated heterocycles. The van der Waals surface area contributed by atoms with Crippen molar-refractivity contribution in [3.05, 3.63) is 11.7 Å². The van der Waals surface area contributed by atoms with E-state index in [9.17, 15) is 4.79 Å². The van der Waals surface area contributed by atoms with Crippen LogP contribution in [0.25, 0.3) is 0 Å². The average Bonchev–Trinajstić information content (AvgIpc) is 2.49. The fraction of sp³-hybridized carbons (Fsp3) is 0.727. The van der Waals surface area contributed by atoms with Crippen molar-refractivity contribution in [2.45, 2.75) is 33.7 Å². The van der Waals surface area contributed by atoms with E-state index in [1.807, 2.05) is 39.8 Å². The monoisotopic (exact) mass is 225 g/mol. The molecule has 0 atom stereocenters. The summed E-state index contributed by atoms with van der Waals surface area (Å²) >= 11 is 0. The van der Waals surface area contributed by atoms with Gasteiger partial charge in [0.05, 0.1) is 13.0 Å². The number of hydrogen-bond acceptors (Lipinski definition) is 5. The van der Waals surface area contributed by atoms with Crippen LogP contribution in [-0.4, -0.2) is 34.9 Å². The van der Waals surface area contributed by atoms with Crippen LogP contribution in [0.5, 0.6) is 0 Å². The lowest BCUT2D eigenvalue weighted by Gasteiger charge is -2.14. The summed E-state index contributed by atoms with van der Waals surface area (Å²) in [6.07, 6.45) is 0.212. The second kappa shape index (κ2) is 4.74. The predicted octanol–water partition coefficient (Wildman–Crippen LogP) is 1.29. The van der Waals surface area contributed by atoms with Gasteiger partial charge in [0.25, 0.3) is 0 Å². The highest BCUT2D eigenvalue weighted by Crippen LogP contribution is 2.17. The Bertz CT molecular complexity index is 364. The summed E-state index contributed by atoms with van der Waals surface area (Å²) in [6.45, 7) is 6.26. The van der Waals surface area contributed by atoms with E-state index in [1.165, 1.54) is 0 Å². The quantitative estimate of drug-likeness (QED) is 0.772. The molecule has 0 aliphatic heterocycles. The van der Waals surface area contributed by atoms with Crippen molar-refractivity contribution in [2.75, 3.05) is 14.1 Å². The Hall–Kier alpha value is -1.23. The van der Waals surface area contributed by atoms with Gasteiger partial charge >= 0.3 is 0 Å². The molecule has 1 aromatic heterocycles. The third kappa shape index (κ3) is 3.73. The lowest BCUT2D eigenvalue weighted by Crippen LogP contribution is -2.22. The van der Waals surface area contributed by atoms with Gasteiger partial charge in [-0.1, -0.05) is 25.9 Å². The minimum atomic E-state index is -0.365. The van der Waals surface area contributed by atoms with E-state index in [0.29, 0.717) is 18.3 Å². The van der Waals surface area contributed by atoms with Crippen molar-refractivity contribution in [2.24, 2.45) is 5.41 Å². The maximum absolute atomic E-state index is 11.7. The highest BCUT2D eigenvalue weighted by molar-refractivity contribution is 5.84. The van der Waals surface area contributed by atoms with Gasteiger partial charge in [-0.2, -0.15) is 4.98 Å². The molecule has 0 radical (unpaired) electrons. The molecule has 0 amide bonds. The Balaban J connectivity index is 2.62. The Morgan fingerprint density at radius 1 is 1.38 bits per heavy atom. The number of nitrogens with zero attached hydrogens (tertiary/aromatic N) is 3. The molecule has 0 aliphatic rings. The standard InChI is InChI=1S/C11H19N3O2/c1-11(2,3)8(15)6-10-12-9(13-16-10)7-14(4)5/h6-7H2,1-5H3. The highest BCUT2D eigenvalue weighted by Gasteiger charge is 2.23. The van der Waals surface area contributed by atoms with E-state index < -0.39 is 0 Å². The minimum Gasteiger partial charge on any atom is -0.339 e. The molecule has 1 rings (SSSR count). The van der Waals surface area contributed by atoms with E-state index in [0.717, 1.165) is 0 Å². The van der Waals surface area contributed by atoms with Crippen LogP contribution in [0, 0.1) is 5.41 Å². The van der Waals surface area contributed by atoms with Crippen molar-refractivity contribution >= 4 is 5.78 Å². The normalized spacial score (nSPS) is 12.1. The van der Waals surface area contributed by atoms with Gasteiger partial charge in [-0.25, -0.2) is 0 Å². The van der Waals surface area contributed by atoms with Gasteiger partial charge in [0.1, 0.15) is 5.78 Å². The Morgan fingerprint density at radius 2 is 2.00 bits per heavy atom. The molecule has 1 aromatic rings. The van der Waals surface area contributed by atoms with Crippen LogP contribution >= 0.6 is 0 Å². The van der Waals surface area contributed by atoms with Crippen molar-refractivity contribution in [1.29, 1.82) is 0 Å². The topological polar surface area (TPSA) is 59.2 Å². The van der Waals surface area contributed by atoms with E-state index in [1.54, 1.807) is 0 Å². The average molecular weight is 225 g/mol. The highest BCUT2D eigenvalue weighted by atomic mass is 16.5. The summed E-state index contributed by atoms with van der Waals surface area (Å²) < 4.78 is 5.02. The van der Waals surface area contributed by atoms with Crippen molar-refractivity contribution in [1.82, 2.24) is 15.0 Å². The van der Waals surface area contributed by atoms with Gasteiger partial charge in [-0.05, 0) is 14.1 Å². The SMILES string of the molecule is CN(C)Cc1noc(CC(=O)C(C)(C)C)n1. The number of ketones is 1. The van der Waals surface area contributed by atoms with Crippen LogP contribution in [0.3, 0.4) is 0 Å². The fourth-order valence-corrected chi connectivity index (χ4v) is 1.11. The molecule has 0 unspecified atom stereocenters. The predicted molar refractivity (Wildman–Crippen MR) is 59.9 cm³/mol. The summed E-state index contributed by atoms with van der Waals surface area (Å²) in [5, 5.41) is 3.81. The van der Waals surface area contributed by atoms with E-state index in [-0.39, 0.29) is 17.6 Å². The number of Topliss-reactive ketones (excluding diaryl/α,β-unsaturated/α-hetero) is 1. The van der Waals surface area contributed by atoms with Crippen LogP contribution in [0.1, 0.15) is 32.5 Å². The van der Waals surface area contributed by atoms with E-state index >= 15 is 0 Å². The van der Waals surface area contributed by atoms with Crippen LogP contribution < -0.4 is 0 Å². The van der Waals surface area contributed by atoms with Crippen molar-refractivity contribution in [3.8, 4) is 0 Å². The molecule has 5 heteroatoms. The summed E-state index contributed by atoms with van der Waals surface area (Å²) in [6, 6.07) is 0. The molecular formula is C11H19N3O2. The third-order valence-electron chi connectivity index (χ3n) is 2.12. The fourth-order valence-electron chi connectivity index (χ4n) is 1.11. The van der Waals surface area contributed by atoms with Crippen LogP contribution in [0.15, 0.2) is 4.52 Å². The van der Waals surface area contributed by atoms with Crippen molar-refractivity contribution < 1.29 is 9.32 Å². The zero-order valence-corrected chi connectivity index (χ0v) is 10.6. The molecule has 16 heavy (non-hydrogen) atoms.